The molecule has 1 N–H and O–H groups in total. The van der Waals surface area contributed by atoms with Crippen molar-refractivity contribution in [1.29, 1.82) is 0 Å². The van der Waals surface area contributed by atoms with Crippen molar-refractivity contribution in [3.63, 3.8) is 0 Å². The van der Waals surface area contributed by atoms with Gasteiger partial charge in [0.05, 0.1) is 0 Å². The van der Waals surface area contributed by atoms with E-state index in [0.717, 1.165) is 18.4 Å². The molecular formula is C19H27N3O3. The maximum Gasteiger partial charge on any atom is 0.317 e. The Balaban J connectivity index is 1.74. The van der Waals surface area contributed by atoms with Crippen molar-refractivity contribution in [1.82, 2.24) is 15.1 Å². The lowest BCUT2D eigenvalue weighted by molar-refractivity contribution is -0.132. The molecular weight excluding hydrogens is 318 g/mol. The predicted octanol–water partition coefficient (Wildman–Crippen LogP) is 2.22. The van der Waals surface area contributed by atoms with Crippen molar-refractivity contribution in [2.75, 3.05) is 27.2 Å². The van der Waals surface area contributed by atoms with E-state index in [-0.39, 0.29) is 36.6 Å². The van der Waals surface area contributed by atoms with Gasteiger partial charge in [0.1, 0.15) is 0 Å². The molecule has 6 nitrogen and oxygen atoms in total. The van der Waals surface area contributed by atoms with Crippen LogP contribution >= 0.6 is 0 Å². The van der Waals surface area contributed by atoms with Crippen LogP contribution in [0.15, 0.2) is 24.3 Å². The molecule has 1 fully saturated rings. The topological polar surface area (TPSA) is 69.7 Å². The third kappa shape index (κ3) is 5.59. The van der Waals surface area contributed by atoms with Gasteiger partial charge in [-0.25, -0.2) is 4.79 Å². The first kappa shape index (κ1) is 19.0. The van der Waals surface area contributed by atoms with Crippen molar-refractivity contribution in [2.45, 2.75) is 38.6 Å². The maximum atomic E-state index is 12.3. The fourth-order valence-electron chi connectivity index (χ4n) is 2.84. The van der Waals surface area contributed by atoms with E-state index in [4.69, 9.17) is 0 Å². The lowest BCUT2D eigenvalue weighted by Crippen LogP contribution is -2.48. The normalized spacial score (nSPS) is 14.9. The highest BCUT2D eigenvalue weighted by molar-refractivity contribution is 5.98. The minimum atomic E-state index is -0.103. The molecule has 6 heteroatoms. The number of Topliss-reactive ketones (excluding diaryl/α,β-unsaturated/α-hetero) is 1. The molecule has 1 aromatic carbocycles. The van der Waals surface area contributed by atoms with Crippen LogP contribution in [0.4, 0.5) is 4.79 Å². The number of nitrogens with one attached hydrogen (secondary N) is 1. The zero-order chi connectivity index (χ0) is 18.4. The Morgan fingerprint density at radius 2 is 1.68 bits per heavy atom. The highest BCUT2D eigenvalue weighted by Crippen LogP contribution is 2.14. The van der Waals surface area contributed by atoms with E-state index >= 15 is 0 Å². The Labute approximate surface area is 149 Å². The van der Waals surface area contributed by atoms with Gasteiger partial charge < -0.3 is 15.1 Å². The molecule has 0 spiro atoms. The van der Waals surface area contributed by atoms with Crippen molar-refractivity contribution < 1.29 is 14.4 Å². The SMILES string of the molecule is Cc1ccc(C(=O)CCC(=O)N2CCC(NC(=O)N(C)C)CC2)cc1. The monoisotopic (exact) mass is 345 g/mol. The van der Waals surface area contributed by atoms with Gasteiger partial charge in [-0.1, -0.05) is 29.8 Å². The summed E-state index contributed by atoms with van der Waals surface area (Å²) in [6, 6.07) is 7.42. The number of rotatable bonds is 5. The van der Waals surface area contributed by atoms with E-state index in [9.17, 15) is 14.4 Å². The molecule has 25 heavy (non-hydrogen) atoms. The van der Waals surface area contributed by atoms with Gasteiger partial charge in [0.2, 0.25) is 5.91 Å². The van der Waals surface area contributed by atoms with Gasteiger partial charge >= 0.3 is 6.03 Å². The Morgan fingerprint density at radius 3 is 2.24 bits per heavy atom. The van der Waals surface area contributed by atoms with E-state index in [1.54, 1.807) is 31.1 Å². The van der Waals surface area contributed by atoms with E-state index in [1.165, 1.54) is 4.90 Å². The van der Waals surface area contributed by atoms with Crippen molar-refractivity contribution >= 4 is 17.7 Å². The number of urea groups is 1. The standard InChI is InChI=1S/C19H27N3O3/c1-14-4-6-15(7-5-14)17(23)8-9-18(24)22-12-10-16(11-13-22)20-19(25)21(2)3/h4-7,16H,8-13H2,1-3H3,(H,20,25). The molecule has 0 bridgehead atoms. The zero-order valence-electron chi connectivity index (χ0n) is 15.2. The first-order valence-corrected chi connectivity index (χ1v) is 8.72. The molecule has 0 aromatic heterocycles. The molecule has 0 aliphatic carbocycles. The quantitative estimate of drug-likeness (QED) is 0.832. The summed E-state index contributed by atoms with van der Waals surface area (Å²) >= 11 is 0. The second kappa shape index (κ2) is 8.65. The largest absolute Gasteiger partial charge is 0.343 e. The Morgan fingerprint density at radius 1 is 1.08 bits per heavy atom. The number of benzene rings is 1. The van der Waals surface area contributed by atoms with E-state index in [1.807, 2.05) is 19.1 Å². The van der Waals surface area contributed by atoms with Gasteiger partial charge in [-0.15, -0.1) is 0 Å². The Bertz CT molecular complexity index is 617. The summed E-state index contributed by atoms with van der Waals surface area (Å²) in [5, 5.41) is 2.95. The second-order valence-electron chi connectivity index (χ2n) is 6.79. The number of likely N-dealkylation sites (tertiary alicyclic amines) is 1. The van der Waals surface area contributed by atoms with Crippen LogP contribution in [0.3, 0.4) is 0 Å². The molecule has 0 saturated carbocycles. The third-order valence-electron chi connectivity index (χ3n) is 4.52. The molecule has 1 aromatic rings. The molecule has 1 aliphatic heterocycles. The van der Waals surface area contributed by atoms with Crippen LogP contribution in [-0.2, 0) is 4.79 Å². The maximum absolute atomic E-state index is 12.3. The van der Waals surface area contributed by atoms with Gasteiger partial charge in [0.25, 0.3) is 0 Å². The van der Waals surface area contributed by atoms with Crippen LogP contribution in [0.2, 0.25) is 0 Å². The molecule has 136 valence electrons. The van der Waals surface area contributed by atoms with E-state index in [0.29, 0.717) is 18.7 Å². The second-order valence-corrected chi connectivity index (χ2v) is 6.79. The Kier molecular flexibility index (Phi) is 6.56. The van der Waals surface area contributed by atoms with Crippen LogP contribution in [0.1, 0.15) is 41.6 Å². The summed E-state index contributed by atoms with van der Waals surface area (Å²) in [4.78, 5) is 39.4. The van der Waals surface area contributed by atoms with Gasteiger partial charge in [0, 0.05) is 51.6 Å². The number of carbonyl (C=O) groups is 3. The number of amides is 3. The zero-order valence-corrected chi connectivity index (χ0v) is 15.2. The number of ketones is 1. The number of hydrogen-bond donors (Lipinski definition) is 1. The summed E-state index contributed by atoms with van der Waals surface area (Å²) in [7, 11) is 3.41. The minimum Gasteiger partial charge on any atom is -0.343 e. The highest BCUT2D eigenvalue weighted by atomic mass is 16.2. The van der Waals surface area contributed by atoms with Crippen molar-refractivity contribution in [3.05, 3.63) is 35.4 Å². The number of hydrogen-bond acceptors (Lipinski definition) is 3. The average molecular weight is 345 g/mol. The van der Waals surface area contributed by atoms with Crippen LogP contribution in [0, 0.1) is 6.92 Å². The van der Waals surface area contributed by atoms with E-state index in [2.05, 4.69) is 5.32 Å². The smallest absolute Gasteiger partial charge is 0.317 e. The molecule has 2 rings (SSSR count). The first-order valence-electron chi connectivity index (χ1n) is 8.72. The molecule has 0 atom stereocenters. The summed E-state index contributed by atoms with van der Waals surface area (Å²) in [5.41, 5.74) is 1.76. The molecule has 1 saturated heterocycles. The highest BCUT2D eigenvalue weighted by Gasteiger charge is 2.24. The summed E-state index contributed by atoms with van der Waals surface area (Å²) in [6.45, 7) is 3.22. The fraction of sp³-hybridized carbons (Fsp3) is 0.526. The molecule has 1 aliphatic rings. The Hall–Kier alpha value is -2.37. The molecule has 0 unspecified atom stereocenters. The first-order chi connectivity index (χ1) is 11.9. The number of carbonyl (C=O) groups excluding carboxylic acids is 3. The van der Waals surface area contributed by atoms with Crippen LogP contribution in [0.25, 0.3) is 0 Å². The summed E-state index contributed by atoms with van der Waals surface area (Å²) in [5.74, 6) is 0.0133. The summed E-state index contributed by atoms with van der Waals surface area (Å²) < 4.78 is 0. The molecule has 1 heterocycles. The minimum absolute atomic E-state index is 0.00137. The third-order valence-corrected chi connectivity index (χ3v) is 4.52. The van der Waals surface area contributed by atoms with Gasteiger partial charge in [-0.05, 0) is 19.8 Å². The number of nitrogens with zero attached hydrogens (tertiary/aromatic N) is 2. The van der Waals surface area contributed by atoms with Gasteiger partial charge in [-0.3, -0.25) is 9.59 Å². The van der Waals surface area contributed by atoms with Crippen LogP contribution in [-0.4, -0.2) is 60.7 Å². The number of piperidine rings is 1. The number of aryl methyl sites for hydroxylation is 1. The average Bonchev–Trinajstić information content (AvgIpc) is 2.60. The summed E-state index contributed by atoms with van der Waals surface area (Å²) in [6.07, 6.45) is 1.97. The molecule has 3 amide bonds. The lowest BCUT2D eigenvalue weighted by atomic mass is 10.0. The van der Waals surface area contributed by atoms with Gasteiger partial charge in [0.15, 0.2) is 5.78 Å². The predicted molar refractivity (Wildman–Crippen MR) is 96.6 cm³/mol. The van der Waals surface area contributed by atoms with Crippen LogP contribution < -0.4 is 5.32 Å². The lowest BCUT2D eigenvalue weighted by Gasteiger charge is -2.33. The van der Waals surface area contributed by atoms with Crippen molar-refractivity contribution in [2.24, 2.45) is 0 Å². The van der Waals surface area contributed by atoms with Gasteiger partial charge in [-0.2, -0.15) is 0 Å². The van der Waals surface area contributed by atoms with Crippen LogP contribution in [0.5, 0.6) is 0 Å². The molecule has 0 radical (unpaired) electrons. The fourth-order valence-corrected chi connectivity index (χ4v) is 2.84. The van der Waals surface area contributed by atoms with Crippen molar-refractivity contribution in [3.8, 4) is 0 Å². The van der Waals surface area contributed by atoms with E-state index < -0.39 is 0 Å².